The zero-order valence-corrected chi connectivity index (χ0v) is 17.1. The number of methoxy groups -OCH3 is 1. The summed E-state index contributed by atoms with van der Waals surface area (Å²) in [5.74, 6) is -0.264. The number of carbonyl (C=O) groups excluding carboxylic acids is 1. The third kappa shape index (κ3) is 5.55. The van der Waals surface area contributed by atoms with Crippen molar-refractivity contribution in [2.24, 2.45) is 0 Å². The Hall–Kier alpha value is -2.89. The molecule has 1 amide bonds. The number of ether oxygens (including phenoxy) is 1. The Balaban J connectivity index is 2.23. The molecule has 0 aliphatic carbocycles. The number of nitriles is 1. The van der Waals surface area contributed by atoms with Crippen LogP contribution >= 0.6 is 0 Å². The molecule has 0 saturated carbocycles. The lowest BCUT2D eigenvalue weighted by atomic mass is 10.1. The molecule has 7 nitrogen and oxygen atoms in total. The van der Waals surface area contributed by atoms with Gasteiger partial charge in [-0.1, -0.05) is 12.1 Å². The Morgan fingerprint density at radius 2 is 1.79 bits per heavy atom. The van der Waals surface area contributed by atoms with E-state index in [1.165, 1.54) is 25.3 Å². The summed E-state index contributed by atoms with van der Waals surface area (Å²) < 4.78 is 33.1. The fraction of sp³-hybridized carbons (Fsp3) is 0.300. The number of benzene rings is 2. The molecular weight excluding hydrogens is 378 g/mol. The number of carbonyl (C=O) groups is 1. The molecule has 2 N–H and O–H groups in total. The van der Waals surface area contributed by atoms with Crippen LogP contribution in [-0.2, 0) is 16.6 Å². The summed E-state index contributed by atoms with van der Waals surface area (Å²) in [5.41, 5.74) is 0.871. The van der Waals surface area contributed by atoms with E-state index in [0.717, 1.165) is 5.56 Å². The fourth-order valence-electron chi connectivity index (χ4n) is 2.47. The van der Waals surface area contributed by atoms with E-state index in [1.807, 2.05) is 6.07 Å². The van der Waals surface area contributed by atoms with E-state index in [4.69, 9.17) is 10.00 Å². The summed E-state index contributed by atoms with van der Waals surface area (Å²) in [7, 11) is -2.51. The van der Waals surface area contributed by atoms with Gasteiger partial charge in [-0.05, 0) is 56.7 Å². The third-order valence-electron chi connectivity index (χ3n) is 3.69. The Morgan fingerprint density at radius 3 is 2.32 bits per heavy atom. The van der Waals surface area contributed by atoms with Gasteiger partial charge in [0.25, 0.3) is 5.91 Å². The van der Waals surface area contributed by atoms with E-state index in [-0.39, 0.29) is 22.8 Å². The predicted molar refractivity (Wildman–Crippen MR) is 105 cm³/mol. The van der Waals surface area contributed by atoms with Crippen molar-refractivity contribution < 1.29 is 17.9 Å². The molecule has 0 saturated heterocycles. The lowest BCUT2D eigenvalue weighted by molar-refractivity contribution is 0.0950. The molecule has 0 bridgehead atoms. The monoisotopic (exact) mass is 401 g/mol. The van der Waals surface area contributed by atoms with Gasteiger partial charge >= 0.3 is 0 Å². The van der Waals surface area contributed by atoms with Crippen LogP contribution in [-0.4, -0.2) is 27.0 Å². The third-order valence-corrected chi connectivity index (χ3v) is 5.47. The summed E-state index contributed by atoms with van der Waals surface area (Å²) >= 11 is 0. The van der Waals surface area contributed by atoms with Crippen LogP contribution in [0.15, 0.2) is 47.4 Å². The van der Waals surface area contributed by atoms with Crippen molar-refractivity contribution in [2.75, 3.05) is 7.11 Å². The highest BCUT2D eigenvalue weighted by molar-refractivity contribution is 7.89. The van der Waals surface area contributed by atoms with Crippen molar-refractivity contribution in [1.29, 1.82) is 5.26 Å². The Bertz CT molecular complexity index is 1000. The topological polar surface area (TPSA) is 108 Å². The summed E-state index contributed by atoms with van der Waals surface area (Å²) in [4.78, 5) is 12.4. The number of amides is 1. The largest absolute Gasteiger partial charge is 0.495 e. The lowest BCUT2D eigenvalue weighted by Crippen LogP contribution is -2.40. The van der Waals surface area contributed by atoms with Gasteiger partial charge in [-0.3, -0.25) is 4.79 Å². The summed E-state index contributed by atoms with van der Waals surface area (Å²) in [6.07, 6.45) is 0. The maximum absolute atomic E-state index is 12.7. The second-order valence-electron chi connectivity index (χ2n) is 7.21. The molecule has 0 aromatic heterocycles. The molecule has 8 heteroatoms. The van der Waals surface area contributed by atoms with Crippen LogP contribution in [0.2, 0.25) is 0 Å². The van der Waals surface area contributed by atoms with Crippen molar-refractivity contribution in [3.05, 3.63) is 59.2 Å². The zero-order chi connectivity index (χ0) is 20.9. The lowest BCUT2D eigenvalue weighted by Gasteiger charge is -2.21. The number of rotatable bonds is 6. The van der Waals surface area contributed by atoms with Crippen LogP contribution in [0.4, 0.5) is 0 Å². The molecule has 0 unspecified atom stereocenters. The molecule has 0 atom stereocenters. The minimum absolute atomic E-state index is 0.101. The van der Waals surface area contributed by atoms with E-state index < -0.39 is 21.5 Å². The van der Waals surface area contributed by atoms with Crippen molar-refractivity contribution >= 4 is 15.9 Å². The molecular formula is C20H23N3O4S. The van der Waals surface area contributed by atoms with Crippen LogP contribution < -0.4 is 14.8 Å². The van der Waals surface area contributed by atoms with Crippen LogP contribution in [0, 0.1) is 11.3 Å². The van der Waals surface area contributed by atoms with Crippen molar-refractivity contribution in [3.8, 4) is 11.8 Å². The summed E-state index contributed by atoms with van der Waals surface area (Å²) in [6, 6.07) is 13.1. The summed E-state index contributed by atoms with van der Waals surface area (Å²) in [5, 5.41) is 11.6. The van der Waals surface area contributed by atoms with Gasteiger partial charge < -0.3 is 10.1 Å². The average Bonchev–Trinajstić information content (AvgIpc) is 2.64. The SMILES string of the molecule is COc1ccc(C(=O)NCc2ccc(C#N)cc2)cc1S(=O)(=O)NC(C)(C)C. The van der Waals surface area contributed by atoms with Crippen LogP contribution in [0.1, 0.15) is 42.3 Å². The number of nitrogens with one attached hydrogen (secondary N) is 2. The van der Waals surface area contributed by atoms with Gasteiger partial charge in [0, 0.05) is 17.6 Å². The van der Waals surface area contributed by atoms with E-state index in [0.29, 0.717) is 5.56 Å². The Labute approximate surface area is 165 Å². The van der Waals surface area contributed by atoms with Crippen molar-refractivity contribution in [3.63, 3.8) is 0 Å². The van der Waals surface area contributed by atoms with Gasteiger partial charge in [-0.2, -0.15) is 5.26 Å². The molecule has 2 aromatic carbocycles. The fourth-order valence-corrected chi connectivity index (χ4v) is 4.08. The first-order valence-electron chi connectivity index (χ1n) is 8.55. The first-order chi connectivity index (χ1) is 13.1. The van der Waals surface area contributed by atoms with Gasteiger partial charge in [0.1, 0.15) is 10.6 Å². The van der Waals surface area contributed by atoms with Crippen LogP contribution in [0.5, 0.6) is 5.75 Å². The number of sulfonamides is 1. The highest BCUT2D eigenvalue weighted by atomic mass is 32.2. The van der Waals surface area contributed by atoms with E-state index in [9.17, 15) is 13.2 Å². The minimum atomic E-state index is -3.88. The highest BCUT2D eigenvalue weighted by Crippen LogP contribution is 2.26. The molecule has 148 valence electrons. The maximum Gasteiger partial charge on any atom is 0.251 e. The second-order valence-corrected chi connectivity index (χ2v) is 8.86. The molecule has 0 heterocycles. The van der Waals surface area contributed by atoms with Crippen LogP contribution in [0.3, 0.4) is 0 Å². The molecule has 0 fully saturated rings. The first kappa shape index (κ1) is 21.4. The van der Waals surface area contributed by atoms with Gasteiger partial charge in [-0.15, -0.1) is 0 Å². The molecule has 0 radical (unpaired) electrons. The second kappa shape index (κ2) is 8.42. The van der Waals surface area contributed by atoms with E-state index >= 15 is 0 Å². The van der Waals surface area contributed by atoms with Gasteiger partial charge in [0.05, 0.1) is 18.7 Å². The average molecular weight is 401 g/mol. The van der Waals surface area contributed by atoms with E-state index in [2.05, 4.69) is 10.0 Å². The minimum Gasteiger partial charge on any atom is -0.495 e. The van der Waals surface area contributed by atoms with Crippen molar-refractivity contribution in [2.45, 2.75) is 37.8 Å². The Kier molecular flexibility index (Phi) is 6.44. The summed E-state index contributed by atoms with van der Waals surface area (Å²) in [6.45, 7) is 5.43. The molecule has 0 aliphatic rings. The predicted octanol–water partition coefficient (Wildman–Crippen LogP) is 2.57. The standard InChI is InChI=1S/C20H23N3O4S/c1-20(2,3)23-28(25,26)18-11-16(9-10-17(18)27-4)19(24)22-13-15-7-5-14(12-21)6-8-15/h5-11,23H,13H2,1-4H3,(H,22,24). The van der Waals surface area contributed by atoms with E-state index in [1.54, 1.807) is 45.0 Å². The first-order valence-corrected chi connectivity index (χ1v) is 10.0. The van der Waals surface area contributed by atoms with Crippen molar-refractivity contribution in [1.82, 2.24) is 10.0 Å². The smallest absolute Gasteiger partial charge is 0.251 e. The normalized spacial score (nSPS) is 11.5. The van der Waals surface area contributed by atoms with Gasteiger partial charge in [0.15, 0.2) is 0 Å². The highest BCUT2D eigenvalue weighted by Gasteiger charge is 2.26. The Morgan fingerprint density at radius 1 is 1.14 bits per heavy atom. The number of hydrogen-bond donors (Lipinski definition) is 2. The molecule has 0 spiro atoms. The molecule has 0 aliphatic heterocycles. The van der Waals surface area contributed by atoms with Gasteiger partial charge in [-0.25, -0.2) is 13.1 Å². The van der Waals surface area contributed by atoms with Gasteiger partial charge in [0.2, 0.25) is 10.0 Å². The maximum atomic E-state index is 12.7. The quantitative estimate of drug-likeness (QED) is 0.773. The molecule has 2 rings (SSSR count). The zero-order valence-electron chi connectivity index (χ0n) is 16.2. The number of nitrogens with zero attached hydrogens (tertiary/aromatic N) is 1. The molecule has 2 aromatic rings. The number of hydrogen-bond acceptors (Lipinski definition) is 5. The molecule has 28 heavy (non-hydrogen) atoms. The van der Waals surface area contributed by atoms with Crippen LogP contribution in [0.25, 0.3) is 0 Å².